The van der Waals surface area contributed by atoms with Crippen molar-refractivity contribution in [3.8, 4) is 22.9 Å². The molecule has 1 aliphatic heterocycles. The van der Waals surface area contributed by atoms with Crippen LogP contribution in [0.4, 0.5) is 11.6 Å². The number of ether oxygens (including phenoxy) is 3. The number of nitro benzene ring substituents is 1. The number of anilines is 1. The maximum Gasteiger partial charge on any atom is 0.327 e. The molecule has 0 unspecified atom stereocenters. The van der Waals surface area contributed by atoms with Crippen molar-refractivity contribution in [3.63, 3.8) is 0 Å². The molecule has 0 spiro atoms. The maximum atomic E-state index is 13.3. The lowest BCUT2D eigenvalue weighted by Gasteiger charge is -2.34. The predicted octanol–water partition coefficient (Wildman–Crippen LogP) is 1.56. The number of carbonyl (C=O) groups excluding carboxylic acids is 1. The molecule has 34 heavy (non-hydrogen) atoms. The number of tetrazole rings is 1. The molecule has 0 N–H and O–H groups in total. The Balaban J connectivity index is 1.58. The fourth-order valence-electron chi connectivity index (χ4n) is 3.88. The molecule has 2 heterocycles. The van der Waals surface area contributed by atoms with Gasteiger partial charge in [0.1, 0.15) is 5.56 Å². The predicted molar refractivity (Wildman–Crippen MR) is 120 cm³/mol. The molecule has 1 amide bonds. The van der Waals surface area contributed by atoms with E-state index in [-0.39, 0.29) is 22.8 Å². The summed E-state index contributed by atoms with van der Waals surface area (Å²) in [6.45, 7) is 1.51. The highest BCUT2D eigenvalue weighted by Crippen LogP contribution is 2.46. The third-order valence-electron chi connectivity index (χ3n) is 5.52. The molecule has 0 bridgehead atoms. The molecule has 1 aliphatic rings. The van der Waals surface area contributed by atoms with Crippen LogP contribution in [0.3, 0.4) is 0 Å². The third kappa shape index (κ3) is 4.02. The van der Waals surface area contributed by atoms with E-state index in [1.807, 2.05) is 35.2 Å². The van der Waals surface area contributed by atoms with Crippen LogP contribution in [0.5, 0.6) is 17.2 Å². The van der Waals surface area contributed by atoms with Crippen molar-refractivity contribution in [2.45, 2.75) is 0 Å². The van der Waals surface area contributed by atoms with Gasteiger partial charge in [-0.2, -0.15) is 4.68 Å². The van der Waals surface area contributed by atoms with Crippen molar-refractivity contribution < 1.29 is 23.9 Å². The Bertz CT molecular complexity index is 1190. The maximum absolute atomic E-state index is 13.3. The van der Waals surface area contributed by atoms with Gasteiger partial charge in [-0.15, -0.1) is 0 Å². The minimum Gasteiger partial charge on any atom is -0.493 e. The number of hydrogen-bond donors (Lipinski definition) is 0. The summed E-state index contributed by atoms with van der Waals surface area (Å²) in [6.07, 6.45) is 0. The molecule has 2 aromatic carbocycles. The lowest BCUT2D eigenvalue weighted by Crippen LogP contribution is -2.49. The van der Waals surface area contributed by atoms with Gasteiger partial charge >= 0.3 is 5.69 Å². The molecule has 13 heteroatoms. The summed E-state index contributed by atoms with van der Waals surface area (Å²) in [7, 11) is 4.00. The normalized spacial score (nSPS) is 13.5. The average molecular weight is 469 g/mol. The van der Waals surface area contributed by atoms with Crippen LogP contribution >= 0.6 is 0 Å². The van der Waals surface area contributed by atoms with Crippen molar-refractivity contribution in [2.75, 3.05) is 52.4 Å². The van der Waals surface area contributed by atoms with Gasteiger partial charge in [0.2, 0.25) is 17.4 Å². The van der Waals surface area contributed by atoms with Gasteiger partial charge in [0.25, 0.3) is 5.91 Å². The Hall–Kier alpha value is -4.42. The SMILES string of the molecule is COc1cc(C(=O)N2CCN(c3nnnn3-c3ccccc3)CC2)c([N+](=O)[O-])c(OC)c1OC. The molecule has 0 radical (unpaired) electrons. The first kappa shape index (κ1) is 22.8. The molecule has 0 saturated carbocycles. The molecule has 4 rings (SSSR count). The van der Waals surface area contributed by atoms with Crippen molar-refractivity contribution >= 4 is 17.5 Å². The van der Waals surface area contributed by atoms with Crippen LogP contribution in [0.2, 0.25) is 0 Å². The van der Waals surface area contributed by atoms with Gasteiger partial charge in [0, 0.05) is 32.2 Å². The molecule has 1 fully saturated rings. The van der Waals surface area contributed by atoms with Crippen LogP contribution in [0.1, 0.15) is 10.4 Å². The number of amides is 1. The van der Waals surface area contributed by atoms with E-state index in [4.69, 9.17) is 14.2 Å². The zero-order valence-corrected chi connectivity index (χ0v) is 18.9. The minimum absolute atomic E-state index is 0.0471. The summed E-state index contributed by atoms with van der Waals surface area (Å²) in [6, 6.07) is 10.8. The molecule has 1 aromatic heterocycles. The molecule has 0 atom stereocenters. The van der Waals surface area contributed by atoms with E-state index in [0.717, 1.165) is 5.69 Å². The fraction of sp³-hybridized carbons (Fsp3) is 0.333. The fourth-order valence-corrected chi connectivity index (χ4v) is 3.88. The molecule has 13 nitrogen and oxygen atoms in total. The summed E-state index contributed by atoms with van der Waals surface area (Å²) in [5.74, 6) is 0.0842. The van der Waals surface area contributed by atoms with E-state index in [9.17, 15) is 14.9 Å². The van der Waals surface area contributed by atoms with Gasteiger partial charge in [0.15, 0.2) is 5.75 Å². The van der Waals surface area contributed by atoms with E-state index >= 15 is 0 Å². The molecule has 3 aromatic rings. The first-order valence-electron chi connectivity index (χ1n) is 10.4. The number of methoxy groups -OCH3 is 3. The van der Waals surface area contributed by atoms with E-state index in [0.29, 0.717) is 32.1 Å². The van der Waals surface area contributed by atoms with Crippen LogP contribution in [-0.4, -0.2) is 83.4 Å². The van der Waals surface area contributed by atoms with Gasteiger partial charge in [0.05, 0.1) is 31.9 Å². The number of carbonyl (C=O) groups is 1. The zero-order chi connectivity index (χ0) is 24.2. The Morgan fingerprint density at radius 2 is 1.68 bits per heavy atom. The molecular weight excluding hydrogens is 446 g/mol. The highest BCUT2D eigenvalue weighted by Gasteiger charge is 2.35. The largest absolute Gasteiger partial charge is 0.493 e. The van der Waals surface area contributed by atoms with Gasteiger partial charge in [-0.25, -0.2) is 0 Å². The average Bonchev–Trinajstić information content (AvgIpc) is 3.37. The van der Waals surface area contributed by atoms with Gasteiger partial charge in [-0.05, 0) is 22.6 Å². The number of benzene rings is 2. The summed E-state index contributed by atoms with van der Waals surface area (Å²) in [5.41, 5.74) is 0.205. The smallest absolute Gasteiger partial charge is 0.327 e. The lowest BCUT2D eigenvalue weighted by atomic mass is 10.1. The summed E-state index contributed by atoms with van der Waals surface area (Å²) in [5, 5.41) is 23.9. The topological polar surface area (TPSA) is 138 Å². The van der Waals surface area contributed by atoms with Crippen molar-refractivity contribution in [3.05, 3.63) is 52.1 Å². The van der Waals surface area contributed by atoms with E-state index < -0.39 is 16.5 Å². The number of para-hydroxylation sites is 1. The van der Waals surface area contributed by atoms with Crippen LogP contribution in [0.15, 0.2) is 36.4 Å². The van der Waals surface area contributed by atoms with Gasteiger partial charge in [-0.1, -0.05) is 23.3 Å². The Morgan fingerprint density at radius 1 is 1.00 bits per heavy atom. The highest BCUT2D eigenvalue weighted by molar-refractivity contribution is 6.00. The summed E-state index contributed by atoms with van der Waals surface area (Å²) in [4.78, 5) is 28.1. The van der Waals surface area contributed by atoms with E-state index in [1.54, 1.807) is 9.58 Å². The first-order chi connectivity index (χ1) is 16.5. The Kier molecular flexibility index (Phi) is 6.43. The molecule has 0 aliphatic carbocycles. The van der Waals surface area contributed by atoms with E-state index in [2.05, 4.69) is 15.5 Å². The third-order valence-corrected chi connectivity index (χ3v) is 5.52. The minimum atomic E-state index is -0.654. The van der Waals surface area contributed by atoms with Gasteiger partial charge in [-0.3, -0.25) is 14.9 Å². The van der Waals surface area contributed by atoms with Crippen LogP contribution < -0.4 is 19.1 Å². The second-order valence-corrected chi connectivity index (χ2v) is 7.30. The van der Waals surface area contributed by atoms with Crippen molar-refractivity contribution in [1.29, 1.82) is 0 Å². The van der Waals surface area contributed by atoms with Crippen molar-refractivity contribution in [1.82, 2.24) is 25.1 Å². The molecular formula is C21H23N7O6. The quantitative estimate of drug-likeness (QED) is 0.370. The second kappa shape index (κ2) is 9.60. The van der Waals surface area contributed by atoms with Crippen LogP contribution in [0, 0.1) is 10.1 Å². The van der Waals surface area contributed by atoms with Crippen LogP contribution in [-0.2, 0) is 0 Å². The lowest BCUT2D eigenvalue weighted by molar-refractivity contribution is -0.386. The number of rotatable bonds is 7. The highest BCUT2D eigenvalue weighted by atomic mass is 16.6. The summed E-state index contributed by atoms with van der Waals surface area (Å²) >= 11 is 0. The Labute approximate surface area is 194 Å². The first-order valence-corrected chi connectivity index (χ1v) is 10.4. The van der Waals surface area contributed by atoms with Crippen molar-refractivity contribution in [2.24, 2.45) is 0 Å². The molecule has 1 saturated heterocycles. The Morgan fingerprint density at radius 3 is 2.26 bits per heavy atom. The number of nitrogens with zero attached hydrogens (tertiary/aromatic N) is 7. The second-order valence-electron chi connectivity index (χ2n) is 7.30. The zero-order valence-electron chi connectivity index (χ0n) is 18.9. The van der Waals surface area contributed by atoms with Crippen LogP contribution in [0.25, 0.3) is 5.69 Å². The van der Waals surface area contributed by atoms with E-state index in [1.165, 1.54) is 27.4 Å². The number of hydrogen-bond acceptors (Lipinski definition) is 10. The molecule has 178 valence electrons. The monoisotopic (exact) mass is 469 g/mol. The number of aromatic nitrogens is 4. The number of nitro groups is 1. The number of piperazine rings is 1. The van der Waals surface area contributed by atoms with Gasteiger partial charge < -0.3 is 24.0 Å². The summed E-state index contributed by atoms with van der Waals surface area (Å²) < 4.78 is 17.4. The standard InChI is InChI=1S/C21H23N7O6/c1-32-16-13-15(17(28(30)31)19(34-3)18(16)33-2)20(29)25-9-11-26(12-10-25)21-22-23-24-27(21)14-7-5-4-6-8-14/h4-8,13H,9-12H2,1-3H3.